The fourth-order valence-corrected chi connectivity index (χ4v) is 1.64. The lowest BCUT2D eigenvalue weighted by Crippen LogP contribution is -2.28. The molecule has 20 heavy (non-hydrogen) atoms. The van der Waals surface area contributed by atoms with Crippen molar-refractivity contribution in [2.45, 2.75) is 39.0 Å². The highest BCUT2D eigenvalue weighted by molar-refractivity contribution is 5.87. The molecule has 5 heteroatoms. The first-order valence-corrected chi connectivity index (χ1v) is 6.16. The summed E-state index contributed by atoms with van der Waals surface area (Å²) in [4.78, 5) is 11.6. The van der Waals surface area contributed by atoms with Gasteiger partial charge in [-0.05, 0) is 38.0 Å². The quantitative estimate of drug-likeness (QED) is 0.604. The number of ether oxygens (including phenoxy) is 1. The first-order chi connectivity index (χ1) is 9.10. The van der Waals surface area contributed by atoms with E-state index in [1.807, 2.05) is 0 Å². The molecule has 2 nitrogen and oxygen atoms in total. The van der Waals surface area contributed by atoms with Gasteiger partial charge in [0.2, 0.25) is 0 Å². The predicted octanol–water partition coefficient (Wildman–Crippen LogP) is 4.45. The summed E-state index contributed by atoms with van der Waals surface area (Å²) in [6.45, 7) is 8.47. The Morgan fingerprint density at radius 2 is 1.65 bits per heavy atom. The fourth-order valence-electron chi connectivity index (χ4n) is 1.64. The van der Waals surface area contributed by atoms with E-state index in [0.29, 0.717) is 12.0 Å². The van der Waals surface area contributed by atoms with Gasteiger partial charge < -0.3 is 4.74 Å². The Bertz CT molecular complexity index is 503. The van der Waals surface area contributed by atoms with E-state index < -0.39 is 23.3 Å². The number of alkyl halides is 3. The smallest absolute Gasteiger partial charge is 0.416 e. The topological polar surface area (TPSA) is 26.3 Å². The highest BCUT2D eigenvalue weighted by atomic mass is 19.4. The van der Waals surface area contributed by atoms with E-state index in [4.69, 9.17) is 4.74 Å². The van der Waals surface area contributed by atoms with Gasteiger partial charge in [0.05, 0.1) is 5.56 Å². The second kappa shape index (κ2) is 5.69. The number of carbonyl (C=O) groups excluding carboxylic acids is 1. The Morgan fingerprint density at radius 1 is 1.20 bits per heavy atom. The van der Waals surface area contributed by atoms with Crippen LogP contribution in [0.5, 0.6) is 0 Å². The van der Waals surface area contributed by atoms with E-state index >= 15 is 0 Å². The van der Waals surface area contributed by atoms with Gasteiger partial charge in [-0.15, -0.1) is 0 Å². The summed E-state index contributed by atoms with van der Waals surface area (Å²) >= 11 is 0. The number of benzene rings is 1. The van der Waals surface area contributed by atoms with Crippen molar-refractivity contribution >= 4 is 5.97 Å². The van der Waals surface area contributed by atoms with Crippen molar-refractivity contribution in [3.63, 3.8) is 0 Å². The van der Waals surface area contributed by atoms with E-state index in [-0.39, 0.29) is 5.57 Å². The van der Waals surface area contributed by atoms with Crippen LogP contribution in [0.3, 0.4) is 0 Å². The highest BCUT2D eigenvalue weighted by Crippen LogP contribution is 2.34. The number of hydrogen-bond acceptors (Lipinski definition) is 2. The van der Waals surface area contributed by atoms with Crippen LogP contribution in [0.4, 0.5) is 13.2 Å². The molecule has 0 N–H and O–H groups in total. The molecule has 0 aliphatic rings. The molecule has 0 saturated carbocycles. The Labute approximate surface area is 116 Å². The summed E-state index contributed by atoms with van der Waals surface area (Å²) in [7, 11) is 0. The number of hydrogen-bond donors (Lipinski definition) is 0. The molecule has 1 unspecified atom stereocenters. The van der Waals surface area contributed by atoms with E-state index in [9.17, 15) is 18.0 Å². The molecular weight excluding hydrogens is 269 g/mol. The maximum absolute atomic E-state index is 12.5. The third-order valence-corrected chi connectivity index (χ3v) is 3.16. The standard InChI is InChI=1S/C15H17F3O2/c1-5-14(4,20-13(19)10(2)3)11-6-8-12(9-7-11)15(16,17)18/h6-9H,2,5H2,1,3-4H3. The van der Waals surface area contributed by atoms with Crippen molar-refractivity contribution in [1.29, 1.82) is 0 Å². The van der Waals surface area contributed by atoms with E-state index in [1.54, 1.807) is 13.8 Å². The molecule has 0 bridgehead atoms. The van der Waals surface area contributed by atoms with Gasteiger partial charge in [-0.25, -0.2) is 4.79 Å². The third kappa shape index (κ3) is 3.62. The lowest BCUT2D eigenvalue weighted by Gasteiger charge is -2.29. The van der Waals surface area contributed by atoms with Crippen molar-refractivity contribution < 1.29 is 22.7 Å². The van der Waals surface area contributed by atoms with Crippen molar-refractivity contribution in [3.8, 4) is 0 Å². The summed E-state index contributed by atoms with van der Waals surface area (Å²) in [5, 5.41) is 0. The number of carbonyl (C=O) groups is 1. The SMILES string of the molecule is C=C(C)C(=O)OC(C)(CC)c1ccc(C(F)(F)F)cc1. The van der Waals surface area contributed by atoms with Crippen LogP contribution < -0.4 is 0 Å². The average Bonchev–Trinajstić information content (AvgIpc) is 2.37. The molecule has 1 atom stereocenters. The molecule has 0 aromatic heterocycles. The number of esters is 1. The van der Waals surface area contributed by atoms with Crippen LogP contribution in [-0.2, 0) is 21.3 Å². The van der Waals surface area contributed by atoms with Crippen molar-refractivity contribution in [2.75, 3.05) is 0 Å². The van der Waals surface area contributed by atoms with Gasteiger partial charge in [0.25, 0.3) is 0 Å². The van der Waals surface area contributed by atoms with Gasteiger partial charge in [-0.1, -0.05) is 25.6 Å². The zero-order valence-electron chi connectivity index (χ0n) is 11.7. The van der Waals surface area contributed by atoms with Crippen molar-refractivity contribution in [3.05, 3.63) is 47.5 Å². The Morgan fingerprint density at radius 3 is 2.00 bits per heavy atom. The van der Waals surface area contributed by atoms with Crippen LogP contribution in [-0.4, -0.2) is 5.97 Å². The van der Waals surface area contributed by atoms with E-state index in [0.717, 1.165) is 12.1 Å². The zero-order chi connectivity index (χ0) is 15.6. The van der Waals surface area contributed by atoms with Gasteiger partial charge in [0.15, 0.2) is 0 Å². The molecule has 0 aliphatic carbocycles. The minimum absolute atomic E-state index is 0.247. The van der Waals surface area contributed by atoms with Crippen molar-refractivity contribution in [1.82, 2.24) is 0 Å². The Hall–Kier alpha value is -1.78. The minimum atomic E-state index is -4.38. The normalized spacial score (nSPS) is 14.5. The van der Waals surface area contributed by atoms with Crippen LogP contribution in [0.2, 0.25) is 0 Å². The molecule has 0 aliphatic heterocycles. The molecule has 0 amide bonds. The lowest BCUT2D eigenvalue weighted by molar-refractivity contribution is -0.154. The largest absolute Gasteiger partial charge is 0.451 e. The van der Waals surface area contributed by atoms with Crippen LogP contribution in [0.1, 0.15) is 38.3 Å². The maximum Gasteiger partial charge on any atom is 0.416 e. The predicted molar refractivity (Wildman–Crippen MR) is 70.0 cm³/mol. The highest BCUT2D eigenvalue weighted by Gasteiger charge is 2.33. The van der Waals surface area contributed by atoms with E-state index in [2.05, 4.69) is 6.58 Å². The maximum atomic E-state index is 12.5. The third-order valence-electron chi connectivity index (χ3n) is 3.16. The van der Waals surface area contributed by atoms with Gasteiger partial charge >= 0.3 is 12.1 Å². The van der Waals surface area contributed by atoms with Crippen LogP contribution in [0.25, 0.3) is 0 Å². The molecular formula is C15H17F3O2. The van der Waals surface area contributed by atoms with Crippen LogP contribution in [0, 0.1) is 0 Å². The number of rotatable bonds is 4. The molecule has 1 aromatic rings. The molecule has 0 spiro atoms. The van der Waals surface area contributed by atoms with Gasteiger partial charge in [-0.2, -0.15) is 13.2 Å². The average molecular weight is 286 g/mol. The van der Waals surface area contributed by atoms with Crippen molar-refractivity contribution in [2.24, 2.45) is 0 Å². The fraction of sp³-hybridized carbons (Fsp3) is 0.400. The monoisotopic (exact) mass is 286 g/mol. The van der Waals surface area contributed by atoms with Gasteiger partial charge in [0, 0.05) is 5.57 Å². The first-order valence-electron chi connectivity index (χ1n) is 6.16. The van der Waals surface area contributed by atoms with Gasteiger partial charge in [0.1, 0.15) is 5.60 Å². The molecule has 1 rings (SSSR count). The molecule has 0 fully saturated rings. The van der Waals surface area contributed by atoms with Crippen LogP contribution in [0.15, 0.2) is 36.4 Å². The molecule has 0 saturated heterocycles. The number of halogens is 3. The van der Waals surface area contributed by atoms with Gasteiger partial charge in [-0.3, -0.25) is 0 Å². The second-order valence-corrected chi connectivity index (χ2v) is 4.83. The second-order valence-electron chi connectivity index (χ2n) is 4.83. The summed E-state index contributed by atoms with van der Waals surface area (Å²) in [5.74, 6) is -0.561. The molecule has 0 radical (unpaired) electrons. The summed E-state index contributed by atoms with van der Waals surface area (Å²) in [6.07, 6.45) is -3.94. The molecule has 110 valence electrons. The zero-order valence-corrected chi connectivity index (χ0v) is 11.7. The van der Waals surface area contributed by atoms with E-state index in [1.165, 1.54) is 19.1 Å². The minimum Gasteiger partial charge on any atom is -0.451 e. The summed E-state index contributed by atoms with van der Waals surface area (Å²) in [6, 6.07) is 4.63. The molecule has 1 aromatic carbocycles. The lowest BCUT2D eigenvalue weighted by atomic mass is 9.92. The summed E-state index contributed by atoms with van der Waals surface area (Å²) < 4.78 is 42.9. The first kappa shape index (κ1) is 16.3. The Balaban J connectivity index is 3.06. The summed E-state index contributed by atoms with van der Waals surface area (Å²) in [5.41, 5.74) is -0.940. The Kier molecular flexibility index (Phi) is 4.63. The molecule has 0 heterocycles. The van der Waals surface area contributed by atoms with Crippen LogP contribution >= 0.6 is 0 Å².